The SMILES string of the molecule is c1ccc(CCNc2cc(-c3cccnc3)nc(NC3CCCCC3)n2)nc1. The van der Waals surface area contributed by atoms with Crippen molar-refractivity contribution in [2.45, 2.75) is 44.6 Å². The molecule has 1 fully saturated rings. The second-order valence-electron chi connectivity index (χ2n) is 7.18. The molecule has 3 aromatic heterocycles. The zero-order chi connectivity index (χ0) is 19.0. The molecule has 0 aromatic carbocycles. The van der Waals surface area contributed by atoms with Crippen LogP contribution in [0.25, 0.3) is 11.3 Å². The number of nitrogens with zero attached hydrogens (tertiary/aromatic N) is 4. The minimum absolute atomic E-state index is 0.458. The highest BCUT2D eigenvalue weighted by Crippen LogP contribution is 2.24. The third kappa shape index (κ3) is 5.03. The van der Waals surface area contributed by atoms with Crippen molar-refractivity contribution in [1.82, 2.24) is 19.9 Å². The van der Waals surface area contributed by atoms with Gasteiger partial charge in [-0.3, -0.25) is 9.97 Å². The number of pyridine rings is 2. The molecule has 4 rings (SSSR count). The van der Waals surface area contributed by atoms with Crippen LogP contribution in [0.3, 0.4) is 0 Å². The highest BCUT2D eigenvalue weighted by atomic mass is 15.2. The van der Waals surface area contributed by atoms with Gasteiger partial charge in [-0.1, -0.05) is 25.3 Å². The van der Waals surface area contributed by atoms with Crippen LogP contribution < -0.4 is 10.6 Å². The van der Waals surface area contributed by atoms with Gasteiger partial charge in [-0.25, -0.2) is 4.98 Å². The van der Waals surface area contributed by atoms with Gasteiger partial charge in [0.15, 0.2) is 0 Å². The summed E-state index contributed by atoms with van der Waals surface area (Å²) in [6.45, 7) is 0.767. The summed E-state index contributed by atoms with van der Waals surface area (Å²) < 4.78 is 0. The van der Waals surface area contributed by atoms with Crippen LogP contribution in [0.2, 0.25) is 0 Å². The van der Waals surface area contributed by atoms with Crippen LogP contribution in [-0.4, -0.2) is 32.5 Å². The first-order chi connectivity index (χ1) is 13.9. The lowest BCUT2D eigenvalue weighted by molar-refractivity contribution is 0.461. The molecule has 1 saturated carbocycles. The molecule has 0 aliphatic heterocycles. The fourth-order valence-electron chi connectivity index (χ4n) is 3.56. The second-order valence-corrected chi connectivity index (χ2v) is 7.18. The molecule has 1 aliphatic rings. The van der Waals surface area contributed by atoms with Crippen molar-refractivity contribution in [1.29, 1.82) is 0 Å². The van der Waals surface area contributed by atoms with Gasteiger partial charge in [0.1, 0.15) is 5.82 Å². The maximum atomic E-state index is 4.75. The Morgan fingerprint density at radius 2 is 1.89 bits per heavy atom. The van der Waals surface area contributed by atoms with Gasteiger partial charge in [-0.05, 0) is 37.1 Å². The Balaban J connectivity index is 1.51. The van der Waals surface area contributed by atoms with Crippen molar-refractivity contribution >= 4 is 11.8 Å². The molecule has 0 atom stereocenters. The van der Waals surface area contributed by atoms with Crippen LogP contribution in [0.5, 0.6) is 0 Å². The molecule has 0 bridgehead atoms. The van der Waals surface area contributed by atoms with Crippen molar-refractivity contribution in [3.63, 3.8) is 0 Å². The zero-order valence-corrected chi connectivity index (χ0v) is 16.0. The van der Waals surface area contributed by atoms with Crippen LogP contribution in [0.1, 0.15) is 37.8 Å². The maximum absolute atomic E-state index is 4.75. The van der Waals surface area contributed by atoms with Gasteiger partial charge in [0.2, 0.25) is 5.95 Å². The summed E-state index contributed by atoms with van der Waals surface area (Å²) in [5.41, 5.74) is 2.93. The van der Waals surface area contributed by atoms with Crippen LogP contribution in [0, 0.1) is 0 Å². The number of nitrogens with one attached hydrogen (secondary N) is 2. The van der Waals surface area contributed by atoms with Gasteiger partial charge in [-0.15, -0.1) is 0 Å². The molecule has 3 heterocycles. The smallest absolute Gasteiger partial charge is 0.225 e. The highest BCUT2D eigenvalue weighted by molar-refractivity contribution is 5.63. The first-order valence-corrected chi connectivity index (χ1v) is 10.1. The molecular weight excluding hydrogens is 348 g/mol. The summed E-state index contributed by atoms with van der Waals surface area (Å²) in [6, 6.07) is 12.4. The molecule has 1 aliphatic carbocycles. The average Bonchev–Trinajstić information content (AvgIpc) is 2.76. The lowest BCUT2D eigenvalue weighted by Gasteiger charge is -2.23. The van der Waals surface area contributed by atoms with Gasteiger partial charge < -0.3 is 10.6 Å². The van der Waals surface area contributed by atoms with Crippen LogP contribution in [0.15, 0.2) is 55.0 Å². The molecule has 0 unspecified atom stereocenters. The molecule has 0 amide bonds. The van der Waals surface area contributed by atoms with E-state index in [-0.39, 0.29) is 0 Å². The third-order valence-electron chi connectivity index (χ3n) is 5.04. The molecule has 0 saturated heterocycles. The fourth-order valence-corrected chi connectivity index (χ4v) is 3.56. The van der Waals surface area contributed by atoms with E-state index >= 15 is 0 Å². The van der Waals surface area contributed by atoms with E-state index in [2.05, 4.69) is 20.6 Å². The van der Waals surface area contributed by atoms with E-state index in [1.165, 1.54) is 32.1 Å². The highest BCUT2D eigenvalue weighted by Gasteiger charge is 2.15. The molecule has 2 N–H and O–H groups in total. The first-order valence-electron chi connectivity index (χ1n) is 10.1. The predicted molar refractivity (Wildman–Crippen MR) is 112 cm³/mol. The minimum Gasteiger partial charge on any atom is -0.369 e. The molecule has 0 radical (unpaired) electrons. The van der Waals surface area contributed by atoms with Crippen LogP contribution >= 0.6 is 0 Å². The van der Waals surface area contributed by atoms with E-state index in [4.69, 9.17) is 9.97 Å². The average molecular weight is 374 g/mol. The van der Waals surface area contributed by atoms with E-state index in [0.717, 1.165) is 35.7 Å². The van der Waals surface area contributed by atoms with Gasteiger partial charge in [0.05, 0.1) is 5.69 Å². The lowest BCUT2D eigenvalue weighted by atomic mass is 9.96. The third-order valence-corrected chi connectivity index (χ3v) is 5.04. The number of hydrogen-bond donors (Lipinski definition) is 2. The Hall–Kier alpha value is -3.02. The van der Waals surface area contributed by atoms with Gasteiger partial charge >= 0.3 is 0 Å². The Bertz CT molecular complexity index is 863. The fraction of sp³-hybridized carbons (Fsp3) is 0.364. The minimum atomic E-state index is 0.458. The van der Waals surface area contributed by atoms with Gasteiger partial charge in [0.25, 0.3) is 0 Å². The van der Waals surface area contributed by atoms with Crippen molar-refractivity contribution in [2.24, 2.45) is 0 Å². The summed E-state index contributed by atoms with van der Waals surface area (Å²) in [7, 11) is 0. The second kappa shape index (κ2) is 9.26. The molecular formula is C22H26N6. The number of rotatable bonds is 7. The summed E-state index contributed by atoms with van der Waals surface area (Å²) in [6.07, 6.45) is 12.5. The van der Waals surface area contributed by atoms with Gasteiger partial charge in [-0.2, -0.15) is 4.98 Å². The monoisotopic (exact) mass is 374 g/mol. The largest absolute Gasteiger partial charge is 0.369 e. The molecule has 0 spiro atoms. The standard InChI is InChI=1S/C22H26N6/c1-2-9-19(10-3-1)26-22-27-20(17-7-6-12-23-16-17)15-21(28-22)25-14-11-18-8-4-5-13-24-18/h4-8,12-13,15-16,19H,1-3,9-11,14H2,(H2,25,26,27,28). The quantitative estimate of drug-likeness (QED) is 0.641. The number of hydrogen-bond acceptors (Lipinski definition) is 6. The molecule has 6 heteroatoms. The molecule has 6 nitrogen and oxygen atoms in total. The Kier molecular flexibility index (Phi) is 6.07. The Morgan fingerprint density at radius 1 is 0.964 bits per heavy atom. The van der Waals surface area contributed by atoms with Crippen molar-refractivity contribution in [3.8, 4) is 11.3 Å². The topological polar surface area (TPSA) is 75.6 Å². The first kappa shape index (κ1) is 18.3. The summed E-state index contributed by atoms with van der Waals surface area (Å²) in [5.74, 6) is 1.51. The maximum Gasteiger partial charge on any atom is 0.225 e. The summed E-state index contributed by atoms with van der Waals surface area (Å²) in [5, 5.41) is 6.97. The zero-order valence-electron chi connectivity index (χ0n) is 16.0. The van der Waals surface area contributed by atoms with E-state index in [1.54, 1.807) is 6.20 Å². The van der Waals surface area contributed by atoms with E-state index in [0.29, 0.717) is 12.0 Å². The summed E-state index contributed by atoms with van der Waals surface area (Å²) in [4.78, 5) is 18.1. The van der Waals surface area contributed by atoms with Crippen molar-refractivity contribution < 1.29 is 0 Å². The van der Waals surface area contributed by atoms with E-state index in [1.807, 2.05) is 48.8 Å². The van der Waals surface area contributed by atoms with Crippen molar-refractivity contribution in [2.75, 3.05) is 17.2 Å². The van der Waals surface area contributed by atoms with E-state index < -0.39 is 0 Å². The normalized spacial score (nSPS) is 14.6. The number of aromatic nitrogens is 4. The molecule has 144 valence electrons. The molecule has 3 aromatic rings. The lowest BCUT2D eigenvalue weighted by Crippen LogP contribution is -2.24. The predicted octanol–water partition coefficient (Wildman–Crippen LogP) is 4.33. The number of anilines is 2. The molecule has 28 heavy (non-hydrogen) atoms. The van der Waals surface area contributed by atoms with Crippen molar-refractivity contribution in [3.05, 3.63) is 60.7 Å². The Morgan fingerprint density at radius 3 is 2.68 bits per heavy atom. The summed E-state index contributed by atoms with van der Waals surface area (Å²) >= 11 is 0. The van der Waals surface area contributed by atoms with Gasteiger partial charge in [0, 0.05) is 54.9 Å². The van der Waals surface area contributed by atoms with E-state index in [9.17, 15) is 0 Å². The Labute approximate surface area is 165 Å². The van der Waals surface area contributed by atoms with Crippen LogP contribution in [-0.2, 0) is 6.42 Å². The van der Waals surface area contributed by atoms with Crippen LogP contribution in [0.4, 0.5) is 11.8 Å².